The Bertz CT molecular complexity index is 501. The topological polar surface area (TPSA) is 46.2 Å². The highest BCUT2D eigenvalue weighted by Crippen LogP contribution is 2.36. The van der Waals surface area contributed by atoms with E-state index in [1.807, 2.05) is 9.25 Å². The zero-order valence-corrected chi connectivity index (χ0v) is 12.3. The molecule has 0 bridgehead atoms. The van der Waals surface area contributed by atoms with Gasteiger partial charge in [0, 0.05) is 6.04 Å². The molecule has 0 saturated heterocycles. The third-order valence-corrected chi connectivity index (χ3v) is 4.39. The normalized spacial score (nSPS) is 19.3. The third-order valence-electron chi connectivity index (χ3n) is 3.99. The van der Waals surface area contributed by atoms with Gasteiger partial charge in [0.25, 0.3) is 0 Å². The summed E-state index contributed by atoms with van der Waals surface area (Å²) in [6.07, 6.45) is 6.39. The lowest BCUT2D eigenvalue weighted by atomic mass is 10.3. The fourth-order valence-electron chi connectivity index (χ4n) is 2.47. The van der Waals surface area contributed by atoms with Gasteiger partial charge in [0.05, 0.1) is 6.67 Å². The Labute approximate surface area is 118 Å². The molecule has 1 heterocycles. The van der Waals surface area contributed by atoms with Crippen LogP contribution in [0.15, 0.2) is 0 Å². The van der Waals surface area contributed by atoms with Crippen molar-refractivity contribution in [3.05, 3.63) is 10.6 Å². The van der Waals surface area contributed by atoms with Gasteiger partial charge in [-0.25, -0.2) is 4.68 Å². The Balaban J connectivity index is 1.67. The maximum Gasteiger partial charge on any atom is 0.199 e. The van der Waals surface area contributed by atoms with Crippen molar-refractivity contribution in [2.75, 3.05) is 13.6 Å². The van der Waals surface area contributed by atoms with Gasteiger partial charge >= 0.3 is 0 Å². The van der Waals surface area contributed by atoms with Crippen molar-refractivity contribution in [1.29, 1.82) is 0 Å². The van der Waals surface area contributed by atoms with E-state index in [4.69, 9.17) is 12.2 Å². The molecule has 2 aliphatic rings. The Morgan fingerprint density at radius 1 is 1.37 bits per heavy atom. The highest BCUT2D eigenvalue weighted by atomic mass is 32.1. The molecule has 6 heteroatoms. The first-order valence-corrected chi connectivity index (χ1v) is 7.57. The molecule has 3 rings (SSSR count). The molecular formula is C13H22N4OS. The van der Waals surface area contributed by atoms with Gasteiger partial charge < -0.3 is 5.11 Å². The van der Waals surface area contributed by atoms with Crippen molar-refractivity contribution in [3.63, 3.8) is 0 Å². The molecule has 106 valence electrons. The second kappa shape index (κ2) is 5.34. The van der Waals surface area contributed by atoms with Crippen LogP contribution in [0, 0.1) is 10.7 Å². The molecule has 2 fully saturated rings. The molecule has 2 saturated carbocycles. The van der Waals surface area contributed by atoms with Crippen LogP contribution < -0.4 is 0 Å². The van der Waals surface area contributed by atoms with Gasteiger partial charge in [-0.3, -0.25) is 9.47 Å². The van der Waals surface area contributed by atoms with Crippen LogP contribution in [0.25, 0.3) is 0 Å². The summed E-state index contributed by atoms with van der Waals surface area (Å²) >= 11 is 5.49. The van der Waals surface area contributed by atoms with Crippen molar-refractivity contribution < 1.29 is 5.11 Å². The Morgan fingerprint density at radius 3 is 2.68 bits per heavy atom. The molecule has 0 radical (unpaired) electrons. The maximum atomic E-state index is 9.39. The largest absolute Gasteiger partial charge is 0.388 e. The van der Waals surface area contributed by atoms with Crippen LogP contribution in [0.4, 0.5) is 0 Å². The minimum absolute atomic E-state index is 0.0288. The second-order valence-electron chi connectivity index (χ2n) is 5.91. The highest BCUT2D eigenvalue weighted by molar-refractivity contribution is 7.71. The minimum Gasteiger partial charge on any atom is -0.388 e. The predicted molar refractivity (Wildman–Crippen MR) is 75.2 cm³/mol. The number of rotatable bonds is 7. The standard InChI is InChI=1S/C13H22N4OS/c1-15(7-6-10-2-3-10)9-16-13(19)17(11-4-5-11)12(8-18)14-16/h10-11,18H,2-9H2,1H3. The molecule has 0 amide bonds. The van der Waals surface area contributed by atoms with E-state index in [1.54, 1.807) is 0 Å². The summed E-state index contributed by atoms with van der Waals surface area (Å²) in [4.78, 5) is 2.26. The lowest BCUT2D eigenvalue weighted by Gasteiger charge is -2.15. The van der Waals surface area contributed by atoms with E-state index in [-0.39, 0.29) is 6.61 Å². The molecule has 5 nitrogen and oxygen atoms in total. The van der Waals surface area contributed by atoms with Gasteiger partial charge in [0.15, 0.2) is 10.6 Å². The number of aromatic nitrogens is 3. The molecule has 1 N–H and O–H groups in total. The van der Waals surface area contributed by atoms with Crippen molar-refractivity contribution in [3.8, 4) is 0 Å². The van der Waals surface area contributed by atoms with Crippen LogP contribution in [0.5, 0.6) is 0 Å². The average molecular weight is 282 g/mol. The molecular weight excluding hydrogens is 260 g/mol. The summed E-state index contributed by atoms with van der Waals surface area (Å²) < 4.78 is 4.64. The number of nitrogens with zero attached hydrogens (tertiary/aromatic N) is 4. The van der Waals surface area contributed by atoms with E-state index < -0.39 is 0 Å². The van der Waals surface area contributed by atoms with Crippen LogP contribution in [-0.4, -0.2) is 37.9 Å². The second-order valence-corrected chi connectivity index (χ2v) is 6.28. The molecule has 0 aromatic carbocycles. The van der Waals surface area contributed by atoms with Crippen molar-refractivity contribution in [2.24, 2.45) is 5.92 Å². The molecule has 0 unspecified atom stereocenters. The first-order valence-electron chi connectivity index (χ1n) is 7.16. The van der Waals surface area contributed by atoms with Crippen LogP contribution in [0.3, 0.4) is 0 Å². The average Bonchev–Trinajstić information content (AvgIpc) is 3.28. The van der Waals surface area contributed by atoms with Gasteiger partial charge in [-0.1, -0.05) is 12.8 Å². The Kier molecular flexibility index (Phi) is 3.73. The van der Waals surface area contributed by atoms with E-state index >= 15 is 0 Å². The Morgan fingerprint density at radius 2 is 2.11 bits per heavy atom. The summed E-state index contributed by atoms with van der Waals surface area (Å²) in [5.41, 5.74) is 0. The fourth-order valence-corrected chi connectivity index (χ4v) is 2.83. The number of hydrogen-bond acceptors (Lipinski definition) is 4. The van der Waals surface area contributed by atoms with Gasteiger partial charge in [-0.2, -0.15) is 5.10 Å². The number of hydrogen-bond donors (Lipinski definition) is 1. The summed E-state index contributed by atoms with van der Waals surface area (Å²) in [6, 6.07) is 0.472. The molecule has 1 aromatic heterocycles. The molecule has 2 aliphatic carbocycles. The van der Waals surface area contributed by atoms with E-state index in [2.05, 4.69) is 17.0 Å². The van der Waals surface area contributed by atoms with E-state index in [9.17, 15) is 5.11 Å². The minimum atomic E-state index is -0.0288. The molecule has 1 aromatic rings. The molecule has 0 atom stereocenters. The Hall–Kier alpha value is -0.720. The highest BCUT2D eigenvalue weighted by Gasteiger charge is 2.28. The summed E-state index contributed by atoms with van der Waals surface area (Å²) in [5.74, 6) is 1.66. The van der Waals surface area contributed by atoms with Crippen molar-refractivity contribution >= 4 is 12.2 Å². The smallest absolute Gasteiger partial charge is 0.199 e. The summed E-state index contributed by atoms with van der Waals surface area (Å²) in [6.45, 7) is 1.79. The van der Waals surface area contributed by atoms with Crippen LogP contribution in [0.1, 0.15) is 44.0 Å². The van der Waals surface area contributed by atoms with Gasteiger partial charge in [-0.05, 0) is 51.0 Å². The van der Waals surface area contributed by atoms with Gasteiger partial charge in [-0.15, -0.1) is 0 Å². The fraction of sp³-hybridized carbons (Fsp3) is 0.846. The maximum absolute atomic E-state index is 9.39. The molecule has 19 heavy (non-hydrogen) atoms. The van der Waals surface area contributed by atoms with Crippen molar-refractivity contribution in [1.82, 2.24) is 19.2 Å². The van der Waals surface area contributed by atoms with Crippen LogP contribution >= 0.6 is 12.2 Å². The van der Waals surface area contributed by atoms with E-state index in [1.165, 1.54) is 19.3 Å². The lowest BCUT2D eigenvalue weighted by molar-refractivity contribution is 0.239. The van der Waals surface area contributed by atoms with Gasteiger partial charge in [0.1, 0.15) is 6.61 Å². The summed E-state index contributed by atoms with van der Waals surface area (Å²) in [7, 11) is 2.11. The van der Waals surface area contributed by atoms with Crippen LogP contribution in [-0.2, 0) is 13.3 Å². The predicted octanol–water partition coefficient (Wildman–Crippen LogP) is 1.93. The van der Waals surface area contributed by atoms with Gasteiger partial charge in [0.2, 0.25) is 0 Å². The van der Waals surface area contributed by atoms with E-state index in [0.29, 0.717) is 11.9 Å². The van der Waals surface area contributed by atoms with Crippen molar-refractivity contribution in [2.45, 2.75) is 51.4 Å². The van der Waals surface area contributed by atoms with E-state index in [0.717, 1.165) is 36.7 Å². The number of aliphatic hydroxyl groups excluding tert-OH is 1. The first kappa shape index (κ1) is 13.3. The quantitative estimate of drug-likeness (QED) is 0.776. The number of aliphatic hydroxyl groups is 1. The first-order chi connectivity index (χ1) is 9.19. The zero-order valence-electron chi connectivity index (χ0n) is 11.5. The molecule has 0 aliphatic heterocycles. The zero-order chi connectivity index (χ0) is 13.4. The summed E-state index contributed by atoms with van der Waals surface area (Å²) in [5, 5.41) is 13.9. The third kappa shape index (κ3) is 3.07. The molecule has 0 spiro atoms. The lowest BCUT2D eigenvalue weighted by Crippen LogP contribution is -2.24. The monoisotopic (exact) mass is 282 g/mol. The SMILES string of the molecule is CN(CCC1CC1)Cn1nc(CO)n(C2CC2)c1=S. The van der Waals surface area contributed by atoms with Crippen LogP contribution in [0.2, 0.25) is 0 Å².